The number of rotatable bonds is 5. The minimum atomic E-state index is -0.0334. The second-order valence-corrected chi connectivity index (χ2v) is 7.37. The van der Waals surface area contributed by atoms with Crippen LogP contribution in [0.15, 0.2) is 24.3 Å². The molecule has 4 nitrogen and oxygen atoms in total. The Morgan fingerprint density at radius 1 is 1.12 bits per heavy atom. The maximum absolute atomic E-state index is 12.5. The Hall–Kier alpha value is -1.26. The highest BCUT2D eigenvalue weighted by molar-refractivity contribution is 5.95. The van der Waals surface area contributed by atoms with Crippen molar-refractivity contribution in [2.75, 3.05) is 11.9 Å². The van der Waals surface area contributed by atoms with Crippen molar-refractivity contribution in [3.8, 4) is 5.75 Å². The molecule has 3 unspecified atom stereocenters. The molecule has 3 fully saturated rings. The number of hydrogen-bond acceptors (Lipinski definition) is 3. The van der Waals surface area contributed by atoms with Crippen LogP contribution in [-0.2, 0) is 4.79 Å². The lowest BCUT2D eigenvalue weighted by molar-refractivity contribution is -0.117. The molecular weight excluding hydrogens is 324 g/mol. The summed E-state index contributed by atoms with van der Waals surface area (Å²) in [6, 6.07) is 8.27. The first-order valence-corrected chi connectivity index (χ1v) is 9.08. The van der Waals surface area contributed by atoms with Gasteiger partial charge in [0.2, 0.25) is 5.91 Å². The minimum Gasteiger partial charge on any atom is -0.493 e. The number of ether oxygens (including phenoxy) is 1. The standard InChI is InChI=1S/C19H26N2O2.ClH/c22-19(18-11-14-3-1-2-4-17(14)21-18)20-15-7-9-16(10-8-15)23-12-13-5-6-13;/h7-10,13-14,17-18,21H,1-6,11-12H2,(H,20,22);1H. The number of hydrogen-bond donors (Lipinski definition) is 2. The van der Waals surface area contributed by atoms with Crippen molar-refractivity contribution >= 4 is 24.0 Å². The second kappa shape index (κ2) is 7.75. The molecule has 1 aromatic rings. The van der Waals surface area contributed by atoms with Gasteiger partial charge in [0.15, 0.2) is 0 Å². The fourth-order valence-electron chi connectivity index (χ4n) is 3.88. The van der Waals surface area contributed by atoms with E-state index >= 15 is 0 Å². The van der Waals surface area contributed by atoms with Gasteiger partial charge >= 0.3 is 0 Å². The first-order valence-electron chi connectivity index (χ1n) is 9.08. The van der Waals surface area contributed by atoms with Crippen molar-refractivity contribution in [3.63, 3.8) is 0 Å². The number of anilines is 1. The lowest BCUT2D eigenvalue weighted by atomic mass is 9.85. The van der Waals surface area contributed by atoms with Crippen LogP contribution < -0.4 is 15.4 Å². The van der Waals surface area contributed by atoms with Crippen molar-refractivity contribution in [2.24, 2.45) is 11.8 Å². The summed E-state index contributed by atoms with van der Waals surface area (Å²) in [5.41, 5.74) is 0.852. The maximum Gasteiger partial charge on any atom is 0.241 e. The minimum absolute atomic E-state index is 0. The largest absolute Gasteiger partial charge is 0.493 e. The average molecular weight is 351 g/mol. The van der Waals surface area contributed by atoms with Gasteiger partial charge in [-0.15, -0.1) is 12.4 Å². The van der Waals surface area contributed by atoms with E-state index in [1.54, 1.807) is 0 Å². The van der Waals surface area contributed by atoms with Crippen molar-refractivity contribution in [2.45, 2.75) is 57.0 Å². The predicted octanol–water partition coefficient (Wildman–Crippen LogP) is 3.76. The van der Waals surface area contributed by atoms with Crippen LogP contribution in [0.4, 0.5) is 5.69 Å². The zero-order chi connectivity index (χ0) is 15.6. The summed E-state index contributed by atoms with van der Waals surface area (Å²) in [7, 11) is 0. The van der Waals surface area contributed by atoms with Crippen LogP contribution in [-0.4, -0.2) is 24.6 Å². The predicted molar refractivity (Wildman–Crippen MR) is 97.8 cm³/mol. The molecule has 1 heterocycles. The molecule has 0 radical (unpaired) electrons. The summed E-state index contributed by atoms with van der Waals surface area (Å²) in [6.07, 6.45) is 8.69. The van der Waals surface area contributed by atoms with E-state index in [1.807, 2.05) is 24.3 Å². The molecule has 2 N–H and O–H groups in total. The van der Waals surface area contributed by atoms with E-state index in [0.717, 1.165) is 30.4 Å². The van der Waals surface area contributed by atoms with Crippen molar-refractivity contribution in [3.05, 3.63) is 24.3 Å². The second-order valence-electron chi connectivity index (χ2n) is 7.37. The van der Waals surface area contributed by atoms with E-state index in [4.69, 9.17) is 4.74 Å². The summed E-state index contributed by atoms with van der Waals surface area (Å²) in [5.74, 6) is 2.44. The first-order chi connectivity index (χ1) is 11.3. The third-order valence-electron chi connectivity index (χ3n) is 5.48. The molecule has 0 bridgehead atoms. The average Bonchev–Trinajstić information content (AvgIpc) is 3.30. The molecule has 1 aliphatic heterocycles. The summed E-state index contributed by atoms with van der Waals surface area (Å²) in [4.78, 5) is 12.5. The molecule has 1 aromatic carbocycles. The van der Waals surface area contributed by atoms with Gasteiger partial charge in [0, 0.05) is 11.7 Å². The zero-order valence-corrected chi connectivity index (χ0v) is 14.8. The number of carbonyl (C=O) groups is 1. The highest BCUT2D eigenvalue weighted by Crippen LogP contribution is 2.33. The number of nitrogens with one attached hydrogen (secondary N) is 2. The van der Waals surface area contributed by atoms with E-state index in [9.17, 15) is 4.79 Å². The normalized spacial score (nSPS) is 28.6. The van der Waals surface area contributed by atoms with Crippen LogP contribution in [0.1, 0.15) is 44.9 Å². The van der Waals surface area contributed by atoms with Crippen LogP contribution in [0.25, 0.3) is 0 Å². The highest BCUT2D eigenvalue weighted by atomic mass is 35.5. The molecule has 1 amide bonds. The number of halogens is 1. The van der Waals surface area contributed by atoms with E-state index in [-0.39, 0.29) is 24.4 Å². The molecule has 4 rings (SSSR count). The number of amides is 1. The monoisotopic (exact) mass is 350 g/mol. The van der Waals surface area contributed by atoms with Gasteiger partial charge < -0.3 is 15.4 Å². The number of carbonyl (C=O) groups excluding carboxylic acids is 1. The topological polar surface area (TPSA) is 50.4 Å². The number of fused-ring (bicyclic) bond motifs is 1. The van der Waals surface area contributed by atoms with E-state index in [2.05, 4.69) is 10.6 Å². The molecule has 3 aliphatic rings. The smallest absolute Gasteiger partial charge is 0.241 e. The fourth-order valence-corrected chi connectivity index (χ4v) is 3.88. The van der Waals surface area contributed by atoms with Gasteiger partial charge in [-0.25, -0.2) is 0 Å². The van der Waals surface area contributed by atoms with Gasteiger partial charge in [-0.1, -0.05) is 12.8 Å². The molecule has 2 saturated carbocycles. The summed E-state index contributed by atoms with van der Waals surface area (Å²) < 4.78 is 5.73. The molecule has 2 aliphatic carbocycles. The summed E-state index contributed by atoms with van der Waals surface area (Å²) >= 11 is 0. The SMILES string of the molecule is Cl.O=C(Nc1ccc(OCC2CC2)cc1)C1CC2CCCCC2N1. The van der Waals surface area contributed by atoms with E-state index in [1.165, 1.54) is 38.5 Å². The third kappa shape index (κ3) is 4.22. The van der Waals surface area contributed by atoms with Crippen LogP contribution in [0.5, 0.6) is 5.75 Å². The first kappa shape index (κ1) is 17.6. The van der Waals surface area contributed by atoms with Gasteiger partial charge in [-0.3, -0.25) is 4.79 Å². The van der Waals surface area contributed by atoms with Gasteiger partial charge in [0.25, 0.3) is 0 Å². The Bertz CT molecular complexity index is 545. The Morgan fingerprint density at radius 2 is 1.88 bits per heavy atom. The molecule has 0 aromatic heterocycles. The van der Waals surface area contributed by atoms with E-state index < -0.39 is 0 Å². The van der Waals surface area contributed by atoms with Crippen molar-refractivity contribution < 1.29 is 9.53 Å². The Labute approximate surface area is 150 Å². The Morgan fingerprint density at radius 3 is 2.58 bits per heavy atom. The highest BCUT2D eigenvalue weighted by Gasteiger charge is 2.38. The lowest BCUT2D eigenvalue weighted by Crippen LogP contribution is -2.39. The molecule has 0 spiro atoms. The van der Waals surface area contributed by atoms with Crippen molar-refractivity contribution in [1.82, 2.24) is 5.32 Å². The van der Waals surface area contributed by atoms with Crippen molar-refractivity contribution in [1.29, 1.82) is 0 Å². The Kier molecular flexibility index (Phi) is 5.67. The quantitative estimate of drug-likeness (QED) is 0.850. The van der Waals surface area contributed by atoms with Gasteiger partial charge in [0.1, 0.15) is 5.75 Å². The van der Waals surface area contributed by atoms with Gasteiger partial charge in [-0.2, -0.15) is 0 Å². The molecular formula is C19H27ClN2O2. The van der Waals surface area contributed by atoms with Crippen LogP contribution >= 0.6 is 12.4 Å². The lowest BCUT2D eigenvalue weighted by Gasteiger charge is -2.24. The zero-order valence-electron chi connectivity index (χ0n) is 14.0. The van der Waals surface area contributed by atoms with Crippen LogP contribution in [0.2, 0.25) is 0 Å². The molecule has 1 saturated heterocycles. The van der Waals surface area contributed by atoms with Gasteiger partial charge in [0.05, 0.1) is 12.6 Å². The maximum atomic E-state index is 12.5. The van der Waals surface area contributed by atoms with Crippen LogP contribution in [0.3, 0.4) is 0 Å². The van der Waals surface area contributed by atoms with Gasteiger partial charge in [-0.05, 0) is 68.2 Å². The molecule has 3 atom stereocenters. The van der Waals surface area contributed by atoms with Crippen LogP contribution in [0, 0.1) is 11.8 Å². The summed E-state index contributed by atoms with van der Waals surface area (Å²) in [6.45, 7) is 0.820. The third-order valence-corrected chi connectivity index (χ3v) is 5.48. The summed E-state index contributed by atoms with van der Waals surface area (Å²) in [5, 5.41) is 6.57. The molecule has 24 heavy (non-hydrogen) atoms. The van der Waals surface area contributed by atoms with E-state index in [0.29, 0.717) is 12.0 Å². The Balaban J connectivity index is 0.00000169. The number of benzene rings is 1. The molecule has 5 heteroatoms. The molecule has 132 valence electrons. The fraction of sp³-hybridized carbons (Fsp3) is 0.632.